The fourth-order valence-electron chi connectivity index (χ4n) is 2.11. The summed E-state index contributed by atoms with van der Waals surface area (Å²) in [6, 6.07) is 6.51. The van der Waals surface area contributed by atoms with Crippen molar-refractivity contribution in [3.63, 3.8) is 0 Å². The van der Waals surface area contributed by atoms with E-state index in [2.05, 4.69) is 47.7 Å². The molecule has 0 aromatic heterocycles. The minimum absolute atomic E-state index is 0.102. The first-order chi connectivity index (χ1) is 9.80. The molecule has 1 rings (SSSR count). The molecule has 0 aliphatic carbocycles. The average Bonchev–Trinajstić information content (AvgIpc) is 2.34. The zero-order chi connectivity index (χ0) is 15.9. The Morgan fingerprint density at radius 1 is 1.10 bits per heavy atom. The third kappa shape index (κ3) is 7.70. The lowest BCUT2D eigenvalue weighted by Gasteiger charge is -2.12. The summed E-state index contributed by atoms with van der Waals surface area (Å²) in [5, 5.41) is 6.18. The SMILES string of the molecule is CN=C(NCCc1cc(C)cc(C)c1)NCCS(C)(=O)=O. The molecule has 0 heterocycles. The van der Waals surface area contributed by atoms with E-state index in [-0.39, 0.29) is 5.75 Å². The molecular weight excluding hydrogens is 286 g/mol. The van der Waals surface area contributed by atoms with Crippen LogP contribution in [0.25, 0.3) is 0 Å². The third-order valence-electron chi connectivity index (χ3n) is 2.98. The van der Waals surface area contributed by atoms with Gasteiger partial charge in [-0.15, -0.1) is 0 Å². The number of nitrogens with one attached hydrogen (secondary N) is 2. The fraction of sp³-hybridized carbons (Fsp3) is 0.533. The number of sulfone groups is 1. The lowest BCUT2D eigenvalue weighted by atomic mass is 10.1. The van der Waals surface area contributed by atoms with E-state index in [1.165, 1.54) is 22.9 Å². The van der Waals surface area contributed by atoms with Gasteiger partial charge in [-0.1, -0.05) is 29.3 Å². The largest absolute Gasteiger partial charge is 0.356 e. The summed E-state index contributed by atoms with van der Waals surface area (Å²) in [5.74, 6) is 0.730. The van der Waals surface area contributed by atoms with Crippen LogP contribution < -0.4 is 10.6 Å². The summed E-state index contributed by atoms with van der Waals surface area (Å²) in [6.07, 6.45) is 2.13. The smallest absolute Gasteiger partial charge is 0.191 e. The number of benzene rings is 1. The molecule has 0 saturated heterocycles. The average molecular weight is 311 g/mol. The Balaban J connectivity index is 2.38. The van der Waals surface area contributed by atoms with Crippen molar-refractivity contribution < 1.29 is 8.42 Å². The molecule has 0 spiro atoms. The number of aliphatic imine (C=N–C) groups is 1. The molecule has 0 atom stereocenters. The van der Waals surface area contributed by atoms with Crippen molar-refractivity contribution in [2.24, 2.45) is 4.99 Å². The van der Waals surface area contributed by atoms with Crippen LogP contribution in [0.5, 0.6) is 0 Å². The van der Waals surface area contributed by atoms with Crippen LogP contribution in [0.2, 0.25) is 0 Å². The predicted octanol–water partition coefficient (Wildman–Crippen LogP) is 1.06. The van der Waals surface area contributed by atoms with Crippen molar-refractivity contribution in [2.45, 2.75) is 20.3 Å². The molecule has 118 valence electrons. The Morgan fingerprint density at radius 3 is 2.19 bits per heavy atom. The highest BCUT2D eigenvalue weighted by Crippen LogP contribution is 2.08. The summed E-state index contributed by atoms with van der Waals surface area (Å²) in [4.78, 5) is 4.07. The van der Waals surface area contributed by atoms with Gasteiger partial charge in [0.2, 0.25) is 0 Å². The van der Waals surface area contributed by atoms with Gasteiger partial charge in [0.05, 0.1) is 5.75 Å². The minimum atomic E-state index is -2.95. The van der Waals surface area contributed by atoms with Crippen LogP contribution in [-0.4, -0.2) is 46.5 Å². The molecular formula is C15H25N3O2S. The van der Waals surface area contributed by atoms with Gasteiger partial charge in [-0.25, -0.2) is 8.42 Å². The van der Waals surface area contributed by atoms with Crippen LogP contribution in [0.15, 0.2) is 23.2 Å². The summed E-state index contributed by atoms with van der Waals surface area (Å²) in [5.41, 5.74) is 3.81. The Morgan fingerprint density at radius 2 is 1.67 bits per heavy atom. The highest BCUT2D eigenvalue weighted by Gasteiger charge is 2.03. The van der Waals surface area contributed by atoms with Crippen molar-refractivity contribution in [1.29, 1.82) is 0 Å². The second-order valence-corrected chi connectivity index (χ2v) is 7.56. The van der Waals surface area contributed by atoms with Gasteiger partial charge in [0.15, 0.2) is 5.96 Å². The number of rotatable bonds is 6. The first-order valence-electron chi connectivity index (χ1n) is 6.99. The number of hydrogen-bond donors (Lipinski definition) is 2. The highest BCUT2D eigenvalue weighted by molar-refractivity contribution is 7.90. The summed E-state index contributed by atoms with van der Waals surface area (Å²) < 4.78 is 22.1. The van der Waals surface area contributed by atoms with E-state index in [1.807, 2.05) is 0 Å². The van der Waals surface area contributed by atoms with Gasteiger partial charge in [-0.05, 0) is 25.8 Å². The van der Waals surface area contributed by atoms with Crippen LogP contribution in [0, 0.1) is 13.8 Å². The Hall–Kier alpha value is -1.56. The standard InChI is InChI=1S/C15H25N3O2S/c1-12-9-13(2)11-14(10-12)5-6-17-15(16-3)18-7-8-21(4,19)20/h9-11H,5-8H2,1-4H3,(H2,16,17,18). The van der Waals surface area contributed by atoms with Crippen LogP contribution in [0.1, 0.15) is 16.7 Å². The van der Waals surface area contributed by atoms with E-state index in [4.69, 9.17) is 0 Å². The van der Waals surface area contributed by atoms with Crippen LogP contribution in [0.4, 0.5) is 0 Å². The first-order valence-corrected chi connectivity index (χ1v) is 9.05. The van der Waals surface area contributed by atoms with Crippen LogP contribution in [-0.2, 0) is 16.3 Å². The zero-order valence-electron chi connectivity index (χ0n) is 13.2. The van der Waals surface area contributed by atoms with Crippen LogP contribution in [0.3, 0.4) is 0 Å². The van der Waals surface area contributed by atoms with Gasteiger partial charge < -0.3 is 10.6 Å². The molecule has 0 aliphatic rings. The fourth-order valence-corrected chi connectivity index (χ4v) is 2.59. The molecule has 0 bridgehead atoms. The van der Waals surface area contributed by atoms with Gasteiger partial charge in [-0.2, -0.15) is 0 Å². The van der Waals surface area contributed by atoms with Crippen molar-refractivity contribution in [3.05, 3.63) is 34.9 Å². The van der Waals surface area contributed by atoms with E-state index < -0.39 is 9.84 Å². The minimum Gasteiger partial charge on any atom is -0.356 e. The van der Waals surface area contributed by atoms with Gasteiger partial charge in [0.1, 0.15) is 9.84 Å². The van der Waals surface area contributed by atoms with Gasteiger partial charge in [0, 0.05) is 26.4 Å². The molecule has 0 fully saturated rings. The molecule has 0 unspecified atom stereocenters. The van der Waals surface area contributed by atoms with Gasteiger partial charge in [0.25, 0.3) is 0 Å². The van der Waals surface area contributed by atoms with E-state index >= 15 is 0 Å². The third-order valence-corrected chi connectivity index (χ3v) is 3.92. The summed E-state index contributed by atoms with van der Waals surface area (Å²) in [7, 11) is -1.27. The molecule has 21 heavy (non-hydrogen) atoms. The van der Waals surface area contributed by atoms with Gasteiger partial charge in [-0.3, -0.25) is 4.99 Å². The molecule has 6 heteroatoms. The molecule has 0 radical (unpaired) electrons. The topological polar surface area (TPSA) is 70.6 Å². The summed E-state index contributed by atoms with van der Waals surface area (Å²) in [6.45, 7) is 5.30. The van der Waals surface area contributed by atoms with Crippen LogP contribution >= 0.6 is 0 Å². The molecule has 2 N–H and O–H groups in total. The predicted molar refractivity (Wildman–Crippen MR) is 88.7 cm³/mol. The molecule has 0 aliphatic heterocycles. The molecule has 5 nitrogen and oxygen atoms in total. The number of hydrogen-bond acceptors (Lipinski definition) is 3. The van der Waals surface area contributed by atoms with Crippen molar-refractivity contribution >= 4 is 15.8 Å². The molecule has 1 aromatic carbocycles. The molecule has 1 aromatic rings. The van der Waals surface area contributed by atoms with E-state index in [0.717, 1.165) is 13.0 Å². The van der Waals surface area contributed by atoms with Crippen molar-refractivity contribution in [1.82, 2.24) is 10.6 Å². The second-order valence-electron chi connectivity index (χ2n) is 5.30. The number of nitrogens with zero attached hydrogens (tertiary/aromatic N) is 1. The monoisotopic (exact) mass is 311 g/mol. The Kier molecular flexibility index (Phi) is 6.68. The number of aryl methyl sites for hydroxylation is 2. The van der Waals surface area contributed by atoms with E-state index in [0.29, 0.717) is 12.5 Å². The quantitative estimate of drug-likeness (QED) is 0.609. The van der Waals surface area contributed by atoms with Crippen molar-refractivity contribution in [2.75, 3.05) is 32.1 Å². The molecule has 0 amide bonds. The normalized spacial score (nSPS) is 12.3. The number of guanidine groups is 1. The Bertz CT molecular complexity index is 575. The zero-order valence-corrected chi connectivity index (χ0v) is 14.0. The van der Waals surface area contributed by atoms with Gasteiger partial charge >= 0.3 is 0 Å². The Labute approximate surface area is 127 Å². The van der Waals surface area contributed by atoms with E-state index in [1.54, 1.807) is 7.05 Å². The lowest BCUT2D eigenvalue weighted by molar-refractivity contribution is 0.600. The maximum Gasteiger partial charge on any atom is 0.191 e. The maximum atomic E-state index is 11.1. The first kappa shape index (κ1) is 17.5. The van der Waals surface area contributed by atoms with E-state index in [9.17, 15) is 8.42 Å². The summed E-state index contributed by atoms with van der Waals surface area (Å²) >= 11 is 0. The second kappa shape index (κ2) is 8.02. The molecule has 0 saturated carbocycles. The maximum absolute atomic E-state index is 11.1. The lowest BCUT2D eigenvalue weighted by Crippen LogP contribution is -2.40. The van der Waals surface area contributed by atoms with Crippen molar-refractivity contribution in [3.8, 4) is 0 Å². The highest BCUT2D eigenvalue weighted by atomic mass is 32.2.